The largest absolute Gasteiger partial charge is 0.380 e. The van der Waals surface area contributed by atoms with E-state index in [0.29, 0.717) is 0 Å². The average Bonchev–Trinajstić information content (AvgIpc) is 2.55. The number of nitrogens with zero attached hydrogens (tertiary/aromatic N) is 1. The topological polar surface area (TPSA) is 53.6 Å². The Labute approximate surface area is 133 Å². The third-order valence-corrected chi connectivity index (χ3v) is 4.39. The van der Waals surface area contributed by atoms with E-state index < -0.39 is 0 Å². The summed E-state index contributed by atoms with van der Waals surface area (Å²) in [5.41, 5.74) is 1.26. The van der Waals surface area contributed by atoms with E-state index in [4.69, 9.17) is 4.74 Å². The predicted molar refractivity (Wildman–Crippen MR) is 89.3 cm³/mol. The van der Waals surface area contributed by atoms with E-state index in [1.54, 1.807) is 7.11 Å². The molecule has 1 aromatic rings. The molecule has 122 valence electrons. The second-order valence-electron chi connectivity index (χ2n) is 5.94. The minimum Gasteiger partial charge on any atom is -0.380 e. The SMILES string of the molecule is COC(C)[C@H](C)NC(=O)NC1CCN(c2ccccc2)CC1. The van der Waals surface area contributed by atoms with Crippen LogP contribution in [0, 0.1) is 0 Å². The molecule has 22 heavy (non-hydrogen) atoms. The lowest BCUT2D eigenvalue weighted by Crippen LogP contribution is -2.51. The maximum absolute atomic E-state index is 12.0. The first-order valence-electron chi connectivity index (χ1n) is 8.00. The number of anilines is 1. The molecule has 2 atom stereocenters. The van der Waals surface area contributed by atoms with Crippen molar-refractivity contribution in [2.75, 3.05) is 25.1 Å². The summed E-state index contributed by atoms with van der Waals surface area (Å²) in [6.45, 7) is 5.84. The Morgan fingerprint density at radius 3 is 2.45 bits per heavy atom. The summed E-state index contributed by atoms with van der Waals surface area (Å²) in [7, 11) is 1.65. The van der Waals surface area contributed by atoms with E-state index in [2.05, 4.69) is 39.8 Å². The maximum atomic E-state index is 12.0. The number of hydrogen-bond acceptors (Lipinski definition) is 3. The molecule has 0 aliphatic carbocycles. The Balaban J connectivity index is 1.74. The molecule has 1 heterocycles. The highest BCUT2D eigenvalue weighted by molar-refractivity contribution is 5.74. The van der Waals surface area contributed by atoms with Crippen LogP contribution in [0.3, 0.4) is 0 Å². The van der Waals surface area contributed by atoms with Crippen molar-refractivity contribution in [3.63, 3.8) is 0 Å². The van der Waals surface area contributed by atoms with Crippen LogP contribution in [0.2, 0.25) is 0 Å². The number of carbonyl (C=O) groups is 1. The summed E-state index contributed by atoms with van der Waals surface area (Å²) in [5.74, 6) is 0. The van der Waals surface area contributed by atoms with Crippen LogP contribution in [0.5, 0.6) is 0 Å². The Morgan fingerprint density at radius 1 is 1.23 bits per heavy atom. The molecule has 2 N–H and O–H groups in total. The van der Waals surface area contributed by atoms with Gasteiger partial charge in [-0.1, -0.05) is 18.2 Å². The number of ether oxygens (including phenoxy) is 1. The molecule has 5 nitrogen and oxygen atoms in total. The number of methoxy groups -OCH3 is 1. The number of piperidine rings is 1. The molecule has 0 radical (unpaired) electrons. The Morgan fingerprint density at radius 2 is 1.86 bits per heavy atom. The van der Waals surface area contributed by atoms with Crippen LogP contribution >= 0.6 is 0 Å². The highest BCUT2D eigenvalue weighted by Gasteiger charge is 2.22. The van der Waals surface area contributed by atoms with Gasteiger partial charge in [-0.2, -0.15) is 0 Å². The van der Waals surface area contributed by atoms with E-state index in [1.807, 2.05) is 19.9 Å². The molecule has 0 saturated carbocycles. The molecule has 2 rings (SSSR count). The van der Waals surface area contributed by atoms with Gasteiger partial charge in [-0.15, -0.1) is 0 Å². The summed E-state index contributed by atoms with van der Waals surface area (Å²) in [6, 6.07) is 10.6. The molecule has 0 bridgehead atoms. The van der Waals surface area contributed by atoms with E-state index in [9.17, 15) is 4.79 Å². The average molecular weight is 305 g/mol. The summed E-state index contributed by atoms with van der Waals surface area (Å²) in [4.78, 5) is 14.4. The highest BCUT2D eigenvalue weighted by Crippen LogP contribution is 2.19. The molecule has 1 aliphatic heterocycles. The first kappa shape index (κ1) is 16.6. The molecular weight excluding hydrogens is 278 g/mol. The lowest BCUT2D eigenvalue weighted by Gasteiger charge is -2.34. The summed E-state index contributed by atoms with van der Waals surface area (Å²) >= 11 is 0. The molecule has 1 aliphatic rings. The lowest BCUT2D eigenvalue weighted by atomic mass is 10.0. The van der Waals surface area contributed by atoms with Gasteiger partial charge in [0.2, 0.25) is 0 Å². The summed E-state index contributed by atoms with van der Waals surface area (Å²) in [5, 5.41) is 6.00. The smallest absolute Gasteiger partial charge is 0.315 e. The van der Waals surface area contributed by atoms with Crippen molar-refractivity contribution in [1.29, 1.82) is 0 Å². The fourth-order valence-corrected chi connectivity index (χ4v) is 2.68. The Hall–Kier alpha value is -1.75. The number of amides is 2. The van der Waals surface area contributed by atoms with Gasteiger partial charge in [-0.05, 0) is 38.8 Å². The van der Waals surface area contributed by atoms with Gasteiger partial charge in [-0.25, -0.2) is 4.79 Å². The van der Waals surface area contributed by atoms with Crippen molar-refractivity contribution in [3.8, 4) is 0 Å². The fourth-order valence-electron chi connectivity index (χ4n) is 2.68. The molecule has 2 amide bonds. The molecular formula is C17H27N3O2. The maximum Gasteiger partial charge on any atom is 0.315 e. The fraction of sp³-hybridized carbons (Fsp3) is 0.588. The highest BCUT2D eigenvalue weighted by atomic mass is 16.5. The van der Waals surface area contributed by atoms with Crippen LogP contribution in [0.1, 0.15) is 26.7 Å². The Kier molecular flexibility index (Phi) is 6.07. The normalized spacial score (nSPS) is 18.6. The monoisotopic (exact) mass is 305 g/mol. The van der Waals surface area contributed by atoms with Crippen LogP contribution in [0.4, 0.5) is 10.5 Å². The molecule has 0 spiro atoms. The van der Waals surface area contributed by atoms with Gasteiger partial charge in [0, 0.05) is 31.9 Å². The molecule has 1 fully saturated rings. The van der Waals surface area contributed by atoms with Crippen LogP contribution in [0.25, 0.3) is 0 Å². The zero-order valence-corrected chi connectivity index (χ0v) is 13.7. The minimum atomic E-state index is -0.102. The quantitative estimate of drug-likeness (QED) is 0.878. The van der Waals surface area contributed by atoms with E-state index >= 15 is 0 Å². The zero-order valence-electron chi connectivity index (χ0n) is 13.7. The second kappa shape index (κ2) is 8.03. The molecule has 5 heteroatoms. The predicted octanol–water partition coefficient (Wildman–Crippen LogP) is 2.38. The number of benzene rings is 1. The van der Waals surface area contributed by atoms with Gasteiger partial charge < -0.3 is 20.3 Å². The Bertz CT molecular complexity index is 458. The van der Waals surface area contributed by atoms with E-state index in [-0.39, 0.29) is 24.2 Å². The van der Waals surface area contributed by atoms with Crippen molar-refractivity contribution in [2.24, 2.45) is 0 Å². The lowest BCUT2D eigenvalue weighted by molar-refractivity contribution is 0.0909. The van der Waals surface area contributed by atoms with Gasteiger partial charge in [0.15, 0.2) is 0 Å². The van der Waals surface area contributed by atoms with Gasteiger partial charge in [0.05, 0.1) is 12.1 Å². The number of hydrogen-bond donors (Lipinski definition) is 2. The van der Waals surface area contributed by atoms with Crippen molar-refractivity contribution < 1.29 is 9.53 Å². The number of nitrogens with one attached hydrogen (secondary N) is 2. The number of urea groups is 1. The second-order valence-corrected chi connectivity index (χ2v) is 5.94. The first-order chi connectivity index (χ1) is 10.6. The third kappa shape index (κ3) is 4.63. The van der Waals surface area contributed by atoms with Gasteiger partial charge >= 0.3 is 6.03 Å². The van der Waals surface area contributed by atoms with Gasteiger partial charge in [-0.3, -0.25) is 0 Å². The zero-order chi connectivity index (χ0) is 15.9. The molecule has 1 saturated heterocycles. The van der Waals surface area contributed by atoms with Crippen LogP contribution in [-0.4, -0.2) is 44.4 Å². The van der Waals surface area contributed by atoms with Crippen molar-refractivity contribution in [1.82, 2.24) is 10.6 Å². The number of para-hydroxylation sites is 1. The molecule has 0 aromatic heterocycles. The third-order valence-electron chi connectivity index (χ3n) is 4.39. The summed E-state index contributed by atoms with van der Waals surface area (Å²) in [6.07, 6.45) is 1.94. The standard InChI is InChI=1S/C17H27N3O2/c1-13(14(2)22-3)18-17(21)19-15-9-11-20(12-10-15)16-7-5-4-6-8-16/h4-8,13-15H,9-12H2,1-3H3,(H2,18,19,21)/t13-,14?/m0/s1. The van der Waals surface area contributed by atoms with Crippen LogP contribution in [0.15, 0.2) is 30.3 Å². The number of rotatable bonds is 5. The van der Waals surface area contributed by atoms with Crippen molar-refractivity contribution in [2.45, 2.75) is 44.9 Å². The van der Waals surface area contributed by atoms with Crippen LogP contribution < -0.4 is 15.5 Å². The van der Waals surface area contributed by atoms with E-state index in [1.165, 1.54) is 5.69 Å². The minimum absolute atomic E-state index is 0.00518. The first-order valence-corrected chi connectivity index (χ1v) is 8.00. The number of carbonyl (C=O) groups excluding carboxylic acids is 1. The van der Waals surface area contributed by atoms with Crippen molar-refractivity contribution >= 4 is 11.7 Å². The van der Waals surface area contributed by atoms with Gasteiger partial charge in [0.25, 0.3) is 0 Å². The van der Waals surface area contributed by atoms with Crippen molar-refractivity contribution in [3.05, 3.63) is 30.3 Å². The molecule has 1 unspecified atom stereocenters. The molecule has 1 aromatic carbocycles. The van der Waals surface area contributed by atoms with Gasteiger partial charge in [0.1, 0.15) is 0 Å². The summed E-state index contributed by atoms with van der Waals surface area (Å²) < 4.78 is 5.22. The van der Waals surface area contributed by atoms with Crippen LogP contribution in [-0.2, 0) is 4.74 Å². The van der Waals surface area contributed by atoms with E-state index in [0.717, 1.165) is 25.9 Å².